The maximum Gasteiger partial charge on any atom is 0.407 e. The lowest BCUT2D eigenvalue weighted by Gasteiger charge is -2.28. The van der Waals surface area contributed by atoms with Gasteiger partial charge in [-0.05, 0) is 62.1 Å². The Labute approximate surface area is 314 Å². The number of hydrogen-bond acceptors (Lipinski definition) is 8. The van der Waals surface area contributed by atoms with E-state index in [0.29, 0.717) is 25.6 Å². The van der Waals surface area contributed by atoms with Crippen LogP contribution in [0.1, 0.15) is 100 Å². The number of amides is 3. The van der Waals surface area contributed by atoms with Crippen molar-refractivity contribution in [2.75, 3.05) is 40.0 Å². The molecule has 2 aromatic heterocycles. The molecule has 1 aromatic carbocycles. The minimum Gasteiger partial charge on any atom is -0.453 e. The molecule has 3 aliphatic rings. The summed E-state index contributed by atoms with van der Waals surface area (Å²) >= 11 is 0. The van der Waals surface area contributed by atoms with E-state index in [2.05, 4.69) is 35.2 Å². The Morgan fingerprint density at radius 3 is 2.48 bits per heavy atom. The van der Waals surface area contributed by atoms with Crippen LogP contribution >= 0.6 is 40.5 Å². The first-order valence-corrected chi connectivity index (χ1v) is 16.9. The van der Waals surface area contributed by atoms with Crippen molar-refractivity contribution < 1.29 is 28.6 Å². The smallest absolute Gasteiger partial charge is 0.407 e. The number of carbonyl (C=O) groups excluding carboxylic acids is 3. The molecule has 3 aliphatic heterocycles. The summed E-state index contributed by atoms with van der Waals surface area (Å²) in [7, 11) is 1.27. The highest BCUT2D eigenvalue weighted by molar-refractivity contribution is 7.59. The normalized spacial score (nSPS) is 23.5. The number of alkyl carbamates (subject to hydrolysis) is 1. The number of benzene rings is 1. The van der Waals surface area contributed by atoms with Gasteiger partial charge in [-0.3, -0.25) is 9.59 Å². The average Bonchev–Trinajstić information content (AvgIpc) is 3.89. The molecule has 50 heavy (non-hydrogen) atoms. The van der Waals surface area contributed by atoms with Gasteiger partial charge in [0.2, 0.25) is 11.8 Å². The number of aromatic amines is 2. The second-order valence-corrected chi connectivity index (χ2v) is 13.3. The van der Waals surface area contributed by atoms with E-state index in [1.165, 1.54) is 7.11 Å². The van der Waals surface area contributed by atoms with Crippen LogP contribution in [-0.2, 0) is 23.8 Å². The second kappa shape index (κ2) is 18.5. The van der Waals surface area contributed by atoms with Gasteiger partial charge in [-0.2, -0.15) is 40.5 Å². The van der Waals surface area contributed by atoms with Gasteiger partial charge >= 0.3 is 6.09 Å². The predicted molar refractivity (Wildman–Crippen MR) is 204 cm³/mol. The van der Waals surface area contributed by atoms with Crippen molar-refractivity contribution in [1.29, 1.82) is 0 Å². The number of carbonyl (C=O) groups is 3. The van der Waals surface area contributed by atoms with Crippen molar-refractivity contribution >= 4 is 69.4 Å². The lowest BCUT2D eigenvalue weighted by atomic mass is 9.96. The Balaban J connectivity index is 0.00000225. The Hall–Kier alpha value is -2.92. The zero-order chi connectivity index (χ0) is 33.1. The predicted octanol–water partition coefficient (Wildman–Crippen LogP) is 4.88. The molecule has 3 N–H and O–H groups in total. The van der Waals surface area contributed by atoms with Gasteiger partial charge in [-0.25, -0.2) is 14.8 Å². The van der Waals surface area contributed by atoms with Crippen LogP contribution in [0.15, 0.2) is 24.4 Å². The molecule has 16 heteroatoms. The number of likely N-dealkylation sites (tertiary alicyclic amines) is 1. The highest BCUT2D eigenvalue weighted by Crippen LogP contribution is 2.36. The quantitative estimate of drug-likeness (QED) is 0.333. The molecule has 3 aromatic rings. The largest absolute Gasteiger partial charge is 0.453 e. The first-order chi connectivity index (χ1) is 22.7. The van der Waals surface area contributed by atoms with Gasteiger partial charge in [-0.1, -0.05) is 26.8 Å². The number of nitrogens with zero attached hydrogens (tertiary/aromatic N) is 4. The zero-order valence-corrected chi connectivity index (χ0v) is 32.3. The second-order valence-electron chi connectivity index (χ2n) is 13.3. The molecule has 0 aliphatic carbocycles. The molecule has 2 saturated heterocycles. The van der Waals surface area contributed by atoms with Crippen molar-refractivity contribution in [3.63, 3.8) is 0 Å². The topological polar surface area (TPSA) is 155 Å². The summed E-state index contributed by atoms with van der Waals surface area (Å²) in [5.74, 6) is 1.70. The Morgan fingerprint density at radius 2 is 1.72 bits per heavy atom. The van der Waals surface area contributed by atoms with E-state index in [4.69, 9.17) is 24.2 Å². The van der Waals surface area contributed by atoms with E-state index in [9.17, 15) is 14.4 Å². The lowest BCUT2D eigenvalue weighted by molar-refractivity contribution is -0.137. The molecular formula is C34H53N7O6S3. The Bertz CT molecular complexity index is 1590. The highest BCUT2D eigenvalue weighted by atomic mass is 32.1. The Morgan fingerprint density at radius 1 is 0.980 bits per heavy atom. The first kappa shape index (κ1) is 41.5. The van der Waals surface area contributed by atoms with Gasteiger partial charge in [0, 0.05) is 32.2 Å². The van der Waals surface area contributed by atoms with Crippen molar-refractivity contribution in [2.45, 2.75) is 83.5 Å². The van der Waals surface area contributed by atoms with Crippen molar-refractivity contribution in [3.05, 3.63) is 47.3 Å². The summed E-state index contributed by atoms with van der Waals surface area (Å²) in [6, 6.07) is 4.91. The molecule has 3 amide bonds. The number of rotatable bonds is 5. The van der Waals surface area contributed by atoms with Crippen LogP contribution in [0.5, 0.6) is 0 Å². The van der Waals surface area contributed by atoms with Gasteiger partial charge in [0.25, 0.3) is 0 Å². The number of methoxy groups -OCH3 is 1. The first-order valence-electron chi connectivity index (χ1n) is 16.9. The number of hydrogen-bond donors (Lipinski definition) is 3. The number of imidazole rings is 2. The number of ether oxygens (including phenoxy) is 3. The minimum atomic E-state index is -0.856. The molecule has 5 heterocycles. The molecule has 0 radical (unpaired) electrons. The summed E-state index contributed by atoms with van der Waals surface area (Å²) in [6.07, 6.45) is 5.57. The summed E-state index contributed by atoms with van der Waals surface area (Å²) in [4.78, 5) is 59.4. The monoisotopic (exact) mass is 751 g/mol. The van der Waals surface area contributed by atoms with Crippen LogP contribution in [0.25, 0.3) is 11.0 Å². The molecule has 2 bridgehead atoms. The van der Waals surface area contributed by atoms with Crippen LogP contribution < -0.4 is 5.32 Å². The number of nitrogens with one attached hydrogen (secondary N) is 3. The standard InChI is InChI=1S/C34H47N7O6.3H2S/c1-20(2)21(3)32(42)40-13-8-10-28(40)31-36-23-12-11-22(17-24(23)37-31)29-25-18-35-30(38-25)27-9-7-14-41(27)33(43)26(39-34(44)45-4)19-46-15-5-6-16-47-29;;;/h11-12,17-18,20-21,26-29H,5-10,13-16,19H2,1-4H3,(H,35,38)(H,36,37)(H,39,44);3*1H2/t21-,26-,27-,28-,29?;;;/m0.../s1. The van der Waals surface area contributed by atoms with Gasteiger partial charge in [0.15, 0.2) is 0 Å². The van der Waals surface area contributed by atoms with E-state index in [-0.39, 0.29) is 82.8 Å². The van der Waals surface area contributed by atoms with E-state index in [0.717, 1.165) is 73.2 Å². The van der Waals surface area contributed by atoms with Crippen molar-refractivity contribution in [2.24, 2.45) is 11.8 Å². The molecule has 0 spiro atoms. The van der Waals surface area contributed by atoms with E-state index in [1.54, 1.807) is 11.1 Å². The third-order valence-electron chi connectivity index (χ3n) is 9.84. The van der Waals surface area contributed by atoms with E-state index in [1.807, 2.05) is 24.0 Å². The summed E-state index contributed by atoms with van der Waals surface area (Å²) in [6.45, 7) is 8.46. The number of fused-ring (bicyclic) bond motifs is 5. The van der Waals surface area contributed by atoms with E-state index < -0.39 is 18.2 Å². The highest BCUT2D eigenvalue weighted by Gasteiger charge is 2.38. The summed E-state index contributed by atoms with van der Waals surface area (Å²) < 4.78 is 17.1. The van der Waals surface area contributed by atoms with Crippen molar-refractivity contribution in [1.82, 2.24) is 35.1 Å². The van der Waals surface area contributed by atoms with Gasteiger partial charge in [0.1, 0.15) is 23.8 Å². The summed E-state index contributed by atoms with van der Waals surface area (Å²) in [5, 5.41) is 2.64. The number of aromatic nitrogens is 4. The Kier molecular flexibility index (Phi) is 15.4. The minimum absolute atomic E-state index is 0. The molecule has 2 fully saturated rings. The third-order valence-corrected chi connectivity index (χ3v) is 9.84. The average molecular weight is 752 g/mol. The molecule has 1 unspecified atom stereocenters. The van der Waals surface area contributed by atoms with Crippen molar-refractivity contribution in [3.8, 4) is 0 Å². The van der Waals surface area contributed by atoms with E-state index >= 15 is 0 Å². The van der Waals surface area contributed by atoms with Crippen LogP contribution in [0.3, 0.4) is 0 Å². The molecular weight excluding hydrogens is 699 g/mol. The third kappa shape index (κ3) is 8.92. The molecule has 278 valence electrons. The molecule has 6 rings (SSSR count). The fourth-order valence-electron chi connectivity index (χ4n) is 6.85. The fraction of sp³-hybridized carbons (Fsp3) is 0.618. The maximum absolute atomic E-state index is 13.6. The molecule has 0 saturated carbocycles. The van der Waals surface area contributed by atoms with Crippen LogP contribution in [0, 0.1) is 11.8 Å². The van der Waals surface area contributed by atoms with Crippen LogP contribution in [0.2, 0.25) is 0 Å². The zero-order valence-electron chi connectivity index (χ0n) is 29.3. The lowest BCUT2D eigenvalue weighted by Crippen LogP contribution is -2.50. The molecule has 13 nitrogen and oxygen atoms in total. The SMILES string of the molecule is COC(=O)N[C@H]1COCCCCOC(c2ccc3nc([C@@H]4CCCN4C(=O)[C@@H](C)C(C)C)[nH]c3c2)c2cnc([nH]2)[C@@H]2CCCN2C1=O.S.S.S. The number of H-pyrrole nitrogens is 2. The molecule has 5 atom stereocenters. The van der Waals surface area contributed by atoms with Gasteiger partial charge in [0.05, 0.1) is 48.7 Å². The van der Waals surface area contributed by atoms with Crippen LogP contribution in [-0.4, -0.2) is 93.7 Å². The fourth-order valence-corrected chi connectivity index (χ4v) is 6.85. The van der Waals surface area contributed by atoms with Gasteiger partial charge in [-0.15, -0.1) is 0 Å². The van der Waals surface area contributed by atoms with Crippen LogP contribution in [0.4, 0.5) is 4.79 Å². The maximum atomic E-state index is 13.6. The summed E-state index contributed by atoms with van der Waals surface area (Å²) in [5.41, 5.74) is 3.47. The van der Waals surface area contributed by atoms with Gasteiger partial charge < -0.3 is 39.3 Å².